The quantitative estimate of drug-likeness (QED) is 0.785. The minimum Gasteiger partial charge on any atom is -0.423 e. The summed E-state index contributed by atoms with van der Waals surface area (Å²) in [7, 11) is 0. The predicted molar refractivity (Wildman–Crippen MR) is 68.1 cm³/mol. The van der Waals surface area contributed by atoms with Gasteiger partial charge < -0.3 is 4.74 Å². The Labute approximate surface area is 106 Å². The number of halogens is 1. The molecule has 3 aromatic rings. The number of fused-ring (bicyclic) bond motifs is 1. The maximum Gasteiger partial charge on any atom is 0.341 e. The average molecular weight is 290 g/mol. The van der Waals surface area contributed by atoms with Crippen molar-refractivity contribution >= 4 is 26.7 Å². The van der Waals surface area contributed by atoms with E-state index in [1.54, 1.807) is 0 Å². The van der Waals surface area contributed by atoms with Gasteiger partial charge in [0.1, 0.15) is 5.75 Å². The molecule has 0 saturated carbocycles. The molecular formula is C12H8BrN3O. The van der Waals surface area contributed by atoms with Gasteiger partial charge in [-0.25, -0.2) is 0 Å². The van der Waals surface area contributed by atoms with Gasteiger partial charge in [0.15, 0.2) is 4.73 Å². The fourth-order valence-electron chi connectivity index (χ4n) is 1.66. The molecule has 0 bridgehead atoms. The van der Waals surface area contributed by atoms with E-state index in [0.717, 1.165) is 16.5 Å². The molecule has 0 atom stereocenters. The van der Waals surface area contributed by atoms with Crippen molar-refractivity contribution in [3.8, 4) is 11.8 Å². The molecule has 17 heavy (non-hydrogen) atoms. The van der Waals surface area contributed by atoms with Crippen LogP contribution in [-0.2, 0) is 0 Å². The Morgan fingerprint density at radius 3 is 2.71 bits per heavy atom. The molecule has 5 heteroatoms. The van der Waals surface area contributed by atoms with Crippen molar-refractivity contribution in [1.82, 2.24) is 15.2 Å². The second-order valence-corrected chi connectivity index (χ2v) is 4.24. The Kier molecular flexibility index (Phi) is 2.53. The first-order valence-electron chi connectivity index (χ1n) is 5.06. The van der Waals surface area contributed by atoms with Crippen molar-refractivity contribution in [2.45, 2.75) is 0 Å². The van der Waals surface area contributed by atoms with Gasteiger partial charge in [-0.1, -0.05) is 36.4 Å². The number of aromatic amines is 1. The van der Waals surface area contributed by atoms with Crippen LogP contribution in [0.2, 0.25) is 0 Å². The van der Waals surface area contributed by atoms with E-state index in [0.29, 0.717) is 10.7 Å². The zero-order chi connectivity index (χ0) is 11.7. The van der Waals surface area contributed by atoms with Gasteiger partial charge in [-0.3, -0.25) is 5.10 Å². The molecule has 0 unspecified atom stereocenters. The minimum absolute atomic E-state index is 0.299. The van der Waals surface area contributed by atoms with Crippen LogP contribution in [0.15, 0.2) is 47.2 Å². The third kappa shape index (κ3) is 2.01. The molecule has 0 fully saturated rings. The number of nitrogens with zero attached hydrogens (tertiary/aromatic N) is 2. The number of aromatic nitrogens is 3. The summed E-state index contributed by atoms with van der Waals surface area (Å²) >= 11 is 3.19. The van der Waals surface area contributed by atoms with E-state index in [1.807, 2.05) is 42.5 Å². The maximum absolute atomic E-state index is 5.63. The van der Waals surface area contributed by atoms with Crippen LogP contribution in [0, 0.1) is 0 Å². The number of H-pyrrole nitrogens is 1. The first kappa shape index (κ1) is 10.3. The van der Waals surface area contributed by atoms with E-state index in [4.69, 9.17) is 4.74 Å². The fourth-order valence-corrected chi connectivity index (χ4v) is 1.90. The lowest BCUT2D eigenvalue weighted by atomic mass is 10.1. The number of hydrogen-bond acceptors (Lipinski definition) is 3. The monoisotopic (exact) mass is 289 g/mol. The highest BCUT2D eigenvalue weighted by molar-refractivity contribution is 9.10. The van der Waals surface area contributed by atoms with Gasteiger partial charge in [-0.05, 0) is 27.4 Å². The van der Waals surface area contributed by atoms with Crippen molar-refractivity contribution in [3.63, 3.8) is 0 Å². The molecule has 0 spiro atoms. The number of rotatable bonds is 2. The Balaban J connectivity index is 2.05. The highest BCUT2D eigenvalue weighted by Crippen LogP contribution is 2.28. The summed E-state index contributed by atoms with van der Waals surface area (Å²) in [6, 6.07) is 14.2. The zero-order valence-corrected chi connectivity index (χ0v) is 10.3. The lowest BCUT2D eigenvalue weighted by Crippen LogP contribution is -1.87. The van der Waals surface area contributed by atoms with Crippen LogP contribution in [0.3, 0.4) is 0 Å². The van der Waals surface area contributed by atoms with Crippen LogP contribution >= 0.6 is 15.9 Å². The average Bonchev–Trinajstić information content (AvgIpc) is 2.75. The van der Waals surface area contributed by atoms with Gasteiger partial charge in [0.05, 0.1) is 0 Å². The molecule has 0 aliphatic heterocycles. The predicted octanol–water partition coefficient (Wildman–Crippen LogP) is 3.51. The third-order valence-corrected chi connectivity index (χ3v) is 2.74. The fraction of sp³-hybridized carbons (Fsp3) is 0. The zero-order valence-electron chi connectivity index (χ0n) is 8.72. The molecule has 3 rings (SSSR count). The van der Waals surface area contributed by atoms with Crippen molar-refractivity contribution in [2.24, 2.45) is 0 Å². The summed E-state index contributed by atoms with van der Waals surface area (Å²) in [5, 5.41) is 8.74. The van der Waals surface area contributed by atoms with Crippen molar-refractivity contribution in [1.29, 1.82) is 0 Å². The second-order valence-electron chi connectivity index (χ2n) is 3.49. The lowest BCUT2D eigenvalue weighted by Gasteiger charge is -2.04. The van der Waals surface area contributed by atoms with Gasteiger partial charge in [0.2, 0.25) is 0 Å². The van der Waals surface area contributed by atoms with Crippen molar-refractivity contribution in [2.75, 3.05) is 0 Å². The summed E-state index contributed by atoms with van der Waals surface area (Å²) < 4.78 is 6.18. The van der Waals surface area contributed by atoms with Crippen molar-refractivity contribution in [3.05, 3.63) is 47.2 Å². The molecule has 0 saturated heterocycles. The standard InChI is InChI=1S/C12H8BrN3O/c13-11-14-12(16-15-11)17-10-7-3-5-8-4-1-2-6-9(8)10/h1-7H,(H,14,15,16). The van der Waals surface area contributed by atoms with Gasteiger partial charge in [0, 0.05) is 5.39 Å². The molecule has 0 amide bonds. The minimum atomic E-state index is 0.299. The Bertz CT molecular complexity index is 660. The van der Waals surface area contributed by atoms with Gasteiger partial charge >= 0.3 is 6.01 Å². The molecule has 84 valence electrons. The smallest absolute Gasteiger partial charge is 0.341 e. The molecule has 2 aromatic carbocycles. The van der Waals surface area contributed by atoms with E-state index >= 15 is 0 Å². The molecule has 0 radical (unpaired) electrons. The summed E-state index contributed by atoms with van der Waals surface area (Å²) in [4.78, 5) is 4.04. The summed E-state index contributed by atoms with van der Waals surface area (Å²) in [5.74, 6) is 0.745. The largest absolute Gasteiger partial charge is 0.423 e. The van der Waals surface area contributed by atoms with Crippen LogP contribution in [-0.4, -0.2) is 15.2 Å². The summed E-state index contributed by atoms with van der Waals surface area (Å²) in [5.41, 5.74) is 0. The topological polar surface area (TPSA) is 50.8 Å². The van der Waals surface area contributed by atoms with E-state index < -0.39 is 0 Å². The number of benzene rings is 2. The number of ether oxygens (including phenoxy) is 1. The molecule has 0 aliphatic carbocycles. The molecule has 0 aliphatic rings. The Hall–Kier alpha value is -1.88. The van der Waals surface area contributed by atoms with E-state index in [1.165, 1.54) is 0 Å². The molecule has 1 N–H and O–H groups in total. The molecule has 1 heterocycles. The SMILES string of the molecule is Brc1nc(Oc2cccc3ccccc23)n[nH]1. The lowest BCUT2D eigenvalue weighted by molar-refractivity contribution is 0.449. The van der Waals surface area contributed by atoms with Crippen molar-refractivity contribution < 1.29 is 4.74 Å². The van der Waals surface area contributed by atoms with Gasteiger partial charge in [-0.2, -0.15) is 4.98 Å². The molecule has 1 aromatic heterocycles. The van der Waals surface area contributed by atoms with Gasteiger partial charge in [0.25, 0.3) is 0 Å². The van der Waals surface area contributed by atoms with Crippen LogP contribution in [0.5, 0.6) is 11.8 Å². The first-order valence-corrected chi connectivity index (χ1v) is 5.86. The van der Waals surface area contributed by atoms with Crippen LogP contribution in [0.25, 0.3) is 10.8 Å². The van der Waals surface area contributed by atoms with E-state index in [9.17, 15) is 0 Å². The van der Waals surface area contributed by atoms with Crippen LogP contribution in [0.4, 0.5) is 0 Å². The normalized spacial score (nSPS) is 10.6. The summed E-state index contributed by atoms with van der Waals surface area (Å²) in [6.45, 7) is 0. The van der Waals surface area contributed by atoms with Gasteiger partial charge in [-0.15, -0.1) is 5.10 Å². The highest BCUT2D eigenvalue weighted by Gasteiger charge is 2.06. The molecule has 4 nitrogen and oxygen atoms in total. The second kappa shape index (κ2) is 4.18. The maximum atomic E-state index is 5.63. The number of nitrogens with one attached hydrogen (secondary N) is 1. The Morgan fingerprint density at radius 2 is 1.88 bits per heavy atom. The third-order valence-electron chi connectivity index (χ3n) is 2.39. The van der Waals surface area contributed by atoms with E-state index in [2.05, 4.69) is 31.1 Å². The van der Waals surface area contributed by atoms with Crippen LogP contribution in [0.1, 0.15) is 0 Å². The number of hydrogen-bond donors (Lipinski definition) is 1. The Morgan fingerprint density at radius 1 is 1.06 bits per heavy atom. The molecular weight excluding hydrogens is 282 g/mol. The highest BCUT2D eigenvalue weighted by atomic mass is 79.9. The summed E-state index contributed by atoms with van der Waals surface area (Å²) in [6.07, 6.45) is 0. The first-order chi connectivity index (χ1) is 8.33. The van der Waals surface area contributed by atoms with E-state index in [-0.39, 0.29) is 0 Å². The van der Waals surface area contributed by atoms with Crippen LogP contribution < -0.4 is 4.74 Å².